The van der Waals surface area contributed by atoms with Crippen molar-refractivity contribution < 1.29 is 14.7 Å². The summed E-state index contributed by atoms with van der Waals surface area (Å²) in [5.74, 6) is -0.950. The zero-order valence-corrected chi connectivity index (χ0v) is 11.3. The molecule has 2 N–H and O–H groups in total. The number of aromatic carboxylic acids is 1. The highest BCUT2D eigenvalue weighted by Crippen LogP contribution is 2.31. The van der Waals surface area contributed by atoms with Crippen molar-refractivity contribution in [3.05, 3.63) is 14.7 Å². The quantitative estimate of drug-likeness (QED) is 0.897. The minimum absolute atomic E-state index is 0.143. The maximum Gasteiger partial charge on any atom is 0.348 e. The van der Waals surface area contributed by atoms with E-state index in [1.54, 1.807) is 6.07 Å². The first kappa shape index (κ1) is 13.2. The summed E-state index contributed by atoms with van der Waals surface area (Å²) in [5.41, 5.74) is 0.357. The molecule has 0 bridgehead atoms. The van der Waals surface area contributed by atoms with E-state index >= 15 is 0 Å². The highest BCUT2D eigenvalue weighted by molar-refractivity contribution is 9.11. The van der Waals surface area contributed by atoms with Crippen molar-refractivity contribution in [2.45, 2.75) is 20.3 Å². The molecule has 0 saturated heterocycles. The Balaban J connectivity index is 2.80. The van der Waals surface area contributed by atoms with E-state index in [2.05, 4.69) is 21.2 Å². The lowest BCUT2D eigenvalue weighted by Gasteiger charge is -2.06. The molecule has 0 saturated carbocycles. The van der Waals surface area contributed by atoms with Crippen LogP contribution in [-0.2, 0) is 4.79 Å². The Bertz CT molecular complexity index is 414. The molecule has 0 spiro atoms. The Labute approximate surface area is 106 Å². The van der Waals surface area contributed by atoms with Crippen molar-refractivity contribution in [1.82, 2.24) is 0 Å². The zero-order valence-electron chi connectivity index (χ0n) is 8.91. The number of carboxylic acids is 1. The molecule has 16 heavy (non-hydrogen) atoms. The Hall–Kier alpha value is -0.880. The van der Waals surface area contributed by atoms with E-state index in [4.69, 9.17) is 5.11 Å². The minimum Gasteiger partial charge on any atom is -0.477 e. The number of halogens is 1. The normalized spacial score (nSPS) is 10.5. The Morgan fingerprint density at radius 1 is 1.56 bits per heavy atom. The average Bonchev–Trinajstić information content (AvgIpc) is 2.44. The largest absolute Gasteiger partial charge is 0.477 e. The van der Waals surface area contributed by atoms with Crippen LogP contribution in [0.2, 0.25) is 0 Å². The molecule has 1 amide bonds. The predicted molar refractivity (Wildman–Crippen MR) is 67.1 cm³/mol. The summed E-state index contributed by atoms with van der Waals surface area (Å²) in [6.07, 6.45) is 0.381. The van der Waals surface area contributed by atoms with Crippen molar-refractivity contribution >= 4 is 44.8 Å². The number of rotatable bonds is 4. The van der Waals surface area contributed by atoms with Crippen LogP contribution in [-0.4, -0.2) is 17.0 Å². The Morgan fingerprint density at radius 3 is 2.69 bits per heavy atom. The molecule has 1 aromatic heterocycles. The standard InChI is InChI=1S/C10H12BrNO3S/c1-5(2)3-8(13)12-6-4-7(11)16-9(6)10(14)15/h4-5H,3H2,1-2H3,(H,12,13)(H,14,15). The van der Waals surface area contributed by atoms with Gasteiger partial charge in [-0.15, -0.1) is 11.3 Å². The first-order chi connectivity index (χ1) is 7.40. The summed E-state index contributed by atoms with van der Waals surface area (Å²) in [6.45, 7) is 3.86. The molecule has 1 heterocycles. The van der Waals surface area contributed by atoms with Crippen LogP contribution in [0.4, 0.5) is 5.69 Å². The number of hydrogen-bond donors (Lipinski definition) is 2. The molecule has 0 radical (unpaired) electrons. The monoisotopic (exact) mass is 305 g/mol. The summed E-state index contributed by atoms with van der Waals surface area (Å²) in [7, 11) is 0. The molecule has 88 valence electrons. The van der Waals surface area contributed by atoms with Gasteiger partial charge >= 0.3 is 5.97 Å². The van der Waals surface area contributed by atoms with Gasteiger partial charge in [0.25, 0.3) is 0 Å². The maximum absolute atomic E-state index is 11.5. The molecule has 0 unspecified atom stereocenters. The lowest BCUT2D eigenvalue weighted by atomic mass is 10.1. The van der Waals surface area contributed by atoms with E-state index in [1.807, 2.05) is 13.8 Å². The summed E-state index contributed by atoms with van der Waals surface area (Å²) >= 11 is 4.28. The molecule has 0 aromatic carbocycles. The van der Waals surface area contributed by atoms with E-state index in [0.717, 1.165) is 11.3 Å². The second-order valence-electron chi connectivity index (χ2n) is 3.74. The fourth-order valence-electron chi connectivity index (χ4n) is 1.18. The van der Waals surface area contributed by atoms with Crippen LogP contribution in [0.3, 0.4) is 0 Å². The minimum atomic E-state index is -1.03. The van der Waals surface area contributed by atoms with Crippen molar-refractivity contribution in [2.24, 2.45) is 5.92 Å². The first-order valence-corrected chi connectivity index (χ1v) is 6.33. The van der Waals surface area contributed by atoms with Crippen LogP contribution in [0.5, 0.6) is 0 Å². The number of thiophene rings is 1. The zero-order chi connectivity index (χ0) is 12.3. The van der Waals surface area contributed by atoms with Crippen LogP contribution in [0.1, 0.15) is 29.9 Å². The molecule has 0 aliphatic rings. The van der Waals surface area contributed by atoms with E-state index in [9.17, 15) is 9.59 Å². The second-order valence-corrected chi connectivity index (χ2v) is 6.18. The SMILES string of the molecule is CC(C)CC(=O)Nc1cc(Br)sc1C(=O)O. The van der Waals surface area contributed by atoms with Gasteiger partial charge in [0.2, 0.25) is 5.91 Å². The van der Waals surface area contributed by atoms with Gasteiger partial charge in [-0.05, 0) is 27.9 Å². The highest BCUT2D eigenvalue weighted by Gasteiger charge is 2.16. The highest BCUT2D eigenvalue weighted by atomic mass is 79.9. The Kier molecular flexibility index (Phi) is 4.49. The van der Waals surface area contributed by atoms with Crippen LogP contribution in [0.15, 0.2) is 9.85 Å². The number of carboxylic acid groups (broad SMARTS) is 1. The summed E-state index contributed by atoms with van der Waals surface area (Å²) in [5, 5.41) is 11.5. The van der Waals surface area contributed by atoms with Crippen molar-refractivity contribution in [1.29, 1.82) is 0 Å². The molecule has 1 aromatic rings. The summed E-state index contributed by atoms with van der Waals surface area (Å²) in [4.78, 5) is 22.5. The first-order valence-electron chi connectivity index (χ1n) is 4.72. The fourth-order valence-corrected chi connectivity index (χ4v) is 2.58. The van der Waals surface area contributed by atoms with Crippen LogP contribution >= 0.6 is 27.3 Å². The molecular formula is C10H12BrNO3S. The summed E-state index contributed by atoms with van der Waals surface area (Å²) in [6, 6.07) is 1.60. The van der Waals surface area contributed by atoms with Gasteiger partial charge in [0, 0.05) is 6.42 Å². The smallest absolute Gasteiger partial charge is 0.348 e. The van der Waals surface area contributed by atoms with E-state index in [0.29, 0.717) is 15.9 Å². The van der Waals surface area contributed by atoms with Crippen LogP contribution < -0.4 is 5.32 Å². The molecule has 0 fully saturated rings. The molecule has 0 aliphatic heterocycles. The number of anilines is 1. The number of hydrogen-bond acceptors (Lipinski definition) is 3. The third-order valence-corrected chi connectivity index (χ3v) is 3.39. The molecule has 0 aliphatic carbocycles. The van der Waals surface area contributed by atoms with Crippen LogP contribution in [0, 0.1) is 5.92 Å². The molecule has 6 heteroatoms. The average molecular weight is 306 g/mol. The molecule has 1 rings (SSSR count). The van der Waals surface area contributed by atoms with E-state index in [1.165, 1.54) is 0 Å². The Morgan fingerprint density at radius 2 is 2.19 bits per heavy atom. The lowest BCUT2D eigenvalue weighted by molar-refractivity contribution is -0.116. The molecule has 0 atom stereocenters. The number of nitrogens with one attached hydrogen (secondary N) is 1. The lowest BCUT2D eigenvalue weighted by Crippen LogP contribution is -2.15. The third-order valence-electron chi connectivity index (χ3n) is 1.76. The topological polar surface area (TPSA) is 66.4 Å². The third kappa shape index (κ3) is 3.61. The van der Waals surface area contributed by atoms with Gasteiger partial charge in [0.15, 0.2) is 0 Å². The van der Waals surface area contributed by atoms with Gasteiger partial charge in [-0.3, -0.25) is 4.79 Å². The van der Waals surface area contributed by atoms with Gasteiger partial charge in [-0.2, -0.15) is 0 Å². The van der Waals surface area contributed by atoms with Gasteiger partial charge in [-0.1, -0.05) is 13.8 Å². The van der Waals surface area contributed by atoms with E-state index < -0.39 is 5.97 Å². The van der Waals surface area contributed by atoms with Gasteiger partial charge < -0.3 is 10.4 Å². The number of amides is 1. The van der Waals surface area contributed by atoms with Gasteiger partial charge in [0.05, 0.1) is 9.47 Å². The predicted octanol–water partition coefficient (Wildman–Crippen LogP) is 3.19. The molecule has 4 nitrogen and oxygen atoms in total. The number of carbonyl (C=O) groups excluding carboxylic acids is 1. The maximum atomic E-state index is 11.5. The number of carbonyl (C=O) groups is 2. The van der Waals surface area contributed by atoms with Crippen molar-refractivity contribution in [3.8, 4) is 0 Å². The van der Waals surface area contributed by atoms with Gasteiger partial charge in [-0.25, -0.2) is 4.79 Å². The fraction of sp³-hybridized carbons (Fsp3) is 0.400. The van der Waals surface area contributed by atoms with E-state index in [-0.39, 0.29) is 16.7 Å². The summed E-state index contributed by atoms with van der Waals surface area (Å²) < 4.78 is 0.685. The molecular weight excluding hydrogens is 294 g/mol. The van der Waals surface area contributed by atoms with Crippen molar-refractivity contribution in [3.63, 3.8) is 0 Å². The van der Waals surface area contributed by atoms with Crippen molar-refractivity contribution in [2.75, 3.05) is 5.32 Å². The second kappa shape index (κ2) is 5.45. The van der Waals surface area contributed by atoms with Gasteiger partial charge in [0.1, 0.15) is 4.88 Å². The van der Waals surface area contributed by atoms with Crippen LogP contribution in [0.25, 0.3) is 0 Å².